The van der Waals surface area contributed by atoms with Crippen molar-refractivity contribution in [3.8, 4) is 0 Å². The fourth-order valence-corrected chi connectivity index (χ4v) is 5.07. The van der Waals surface area contributed by atoms with Crippen LogP contribution in [0.1, 0.15) is 48.5 Å². The van der Waals surface area contributed by atoms with Crippen molar-refractivity contribution in [2.45, 2.75) is 50.6 Å². The maximum Gasteiger partial charge on any atom is 0.0459 e. The van der Waals surface area contributed by atoms with Gasteiger partial charge in [-0.05, 0) is 55.8 Å². The van der Waals surface area contributed by atoms with E-state index in [0.717, 1.165) is 6.04 Å². The number of aryl methyl sites for hydroxylation is 1. The molecule has 2 atom stereocenters. The van der Waals surface area contributed by atoms with Gasteiger partial charge in [-0.1, -0.05) is 48.5 Å². The monoisotopic (exact) mass is 384 g/mol. The third kappa shape index (κ3) is 3.64. The Morgan fingerprint density at radius 2 is 1.70 bits per heavy atom. The lowest BCUT2D eigenvalue weighted by atomic mass is 9.96. The predicted octanol–water partition coefficient (Wildman–Crippen LogP) is 4.85. The summed E-state index contributed by atoms with van der Waals surface area (Å²) in [5.41, 5.74) is 5.91. The van der Waals surface area contributed by atoms with Gasteiger partial charge in [0.1, 0.15) is 0 Å². The Morgan fingerprint density at radius 1 is 0.926 bits per heavy atom. The smallest absolute Gasteiger partial charge is 0.0459 e. The maximum atomic E-state index is 3.70. The Bertz CT molecular complexity index is 876. The lowest BCUT2D eigenvalue weighted by molar-refractivity contribution is 0.174. The number of hydrogen-bond acceptors (Lipinski definition) is 1. The molecule has 0 radical (unpaired) electrons. The molecule has 2 aromatic carbocycles. The minimum absolute atomic E-state index is 0. The zero-order valence-electron chi connectivity index (χ0n) is 15.7. The van der Waals surface area contributed by atoms with Crippen LogP contribution in [0, 0.1) is 0 Å². The van der Waals surface area contributed by atoms with Crippen molar-refractivity contribution in [1.29, 1.82) is 0 Å². The van der Waals surface area contributed by atoms with Crippen LogP contribution in [0.25, 0.3) is 10.9 Å². The highest BCUT2D eigenvalue weighted by atomic mass is 35.5. The van der Waals surface area contributed by atoms with E-state index in [9.17, 15) is 0 Å². The quantitative estimate of drug-likeness (QED) is 0.628. The van der Waals surface area contributed by atoms with E-state index in [1.165, 1.54) is 67.2 Å². The van der Waals surface area contributed by atoms with E-state index in [-0.39, 0.29) is 17.9 Å². The number of H-pyrrole nitrogens is 1. The van der Waals surface area contributed by atoms with Crippen LogP contribution in [0.5, 0.6) is 0 Å². The SMILES string of the molecule is Cl.O.c1ccc(CCCCN2C3CCC2c2c([nH]c4ccccc24)C3)cc1. The molecule has 2 aliphatic rings. The normalized spacial score (nSPS) is 20.7. The van der Waals surface area contributed by atoms with E-state index in [0.29, 0.717) is 6.04 Å². The minimum atomic E-state index is 0. The predicted molar refractivity (Wildman–Crippen MR) is 115 cm³/mol. The molecule has 3 heterocycles. The lowest BCUT2D eigenvalue weighted by Gasteiger charge is -2.35. The van der Waals surface area contributed by atoms with Gasteiger partial charge in [0.2, 0.25) is 0 Å². The van der Waals surface area contributed by atoms with Gasteiger partial charge < -0.3 is 10.5 Å². The van der Waals surface area contributed by atoms with Gasteiger partial charge in [-0.2, -0.15) is 0 Å². The Balaban J connectivity index is 0.00000105. The first kappa shape index (κ1) is 19.9. The second-order valence-electron chi connectivity index (χ2n) is 7.69. The van der Waals surface area contributed by atoms with Crippen LogP contribution in [0.3, 0.4) is 0 Å². The van der Waals surface area contributed by atoms with Gasteiger partial charge in [0, 0.05) is 35.1 Å². The highest BCUT2D eigenvalue weighted by molar-refractivity contribution is 5.86. The molecule has 27 heavy (non-hydrogen) atoms. The number of fused-ring (bicyclic) bond motifs is 6. The molecule has 144 valence electrons. The summed E-state index contributed by atoms with van der Waals surface area (Å²) in [4.78, 5) is 6.51. The van der Waals surface area contributed by atoms with Crippen LogP contribution in [-0.4, -0.2) is 27.9 Å². The van der Waals surface area contributed by atoms with Crippen LogP contribution in [-0.2, 0) is 12.8 Å². The number of nitrogens with one attached hydrogen (secondary N) is 1. The molecular weight excluding hydrogens is 356 g/mol. The van der Waals surface area contributed by atoms with E-state index in [1.54, 1.807) is 5.56 Å². The number of para-hydroxylation sites is 1. The van der Waals surface area contributed by atoms with E-state index in [1.807, 2.05) is 0 Å². The zero-order chi connectivity index (χ0) is 16.6. The Hall–Kier alpha value is -1.81. The Morgan fingerprint density at radius 3 is 2.56 bits per heavy atom. The Kier molecular flexibility index (Phi) is 6.25. The number of halogens is 1. The molecule has 1 fully saturated rings. The molecule has 1 aromatic heterocycles. The fraction of sp³-hybridized carbons (Fsp3) is 0.391. The highest BCUT2D eigenvalue weighted by Crippen LogP contribution is 2.46. The molecule has 0 amide bonds. The van der Waals surface area contributed by atoms with Crippen molar-refractivity contribution in [3.63, 3.8) is 0 Å². The third-order valence-corrected chi connectivity index (χ3v) is 6.22. The van der Waals surface area contributed by atoms with E-state index < -0.39 is 0 Å². The third-order valence-electron chi connectivity index (χ3n) is 6.22. The summed E-state index contributed by atoms with van der Waals surface area (Å²) in [5, 5.41) is 1.46. The second-order valence-corrected chi connectivity index (χ2v) is 7.69. The molecule has 2 unspecified atom stereocenters. The molecule has 2 aliphatic heterocycles. The van der Waals surface area contributed by atoms with Gasteiger partial charge >= 0.3 is 0 Å². The number of aromatic amines is 1. The van der Waals surface area contributed by atoms with E-state index >= 15 is 0 Å². The van der Waals surface area contributed by atoms with Crippen molar-refractivity contribution in [3.05, 3.63) is 71.4 Å². The van der Waals surface area contributed by atoms with Gasteiger partial charge in [0.25, 0.3) is 0 Å². The van der Waals surface area contributed by atoms with Crippen molar-refractivity contribution >= 4 is 23.3 Å². The van der Waals surface area contributed by atoms with E-state index in [2.05, 4.69) is 64.5 Å². The molecule has 3 nitrogen and oxygen atoms in total. The topological polar surface area (TPSA) is 50.5 Å². The van der Waals surface area contributed by atoms with Crippen molar-refractivity contribution in [2.24, 2.45) is 0 Å². The molecule has 5 rings (SSSR count). The summed E-state index contributed by atoms with van der Waals surface area (Å²) in [6.07, 6.45) is 7.71. The molecule has 3 N–H and O–H groups in total. The van der Waals surface area contributed by atoms with Gasteiger partial charge in [-0.25, -0.2) is 0 Å². The molecule has 0 saturated carbocycles. The minimum Gasteiger partial charge on any atom is -0.412 e. The average molecular weight is 385 g/mol. The summed E-state index contributed by atoms with van der Waals surface area (Å²) < 4.78 is 0. The Labute approximate surface area is 167 Å². The maximum absolute atomic E-state index is 3.70. The summed E-state index contributed by atoms with van der Waals surface area (Å²) in [6.45, 7) is 1.25. The van der Waals surface area contributed by atoms with Crippen LogP contribution in [0.2, 0.25) is 0 Å². The lowest BCUT2D eigenvalue weighted by Crippen LogP contribution is -2.37. The number of hydrogen-bond donors (Lipinski definition) is 1. The molecule has 0 aliphatic carbocycles. The first-order chi connectivity index (χ1) is 12.4. The number of benzene rings is 2. The number of rotatable bonds is 5. The summed E-state index contributed by atoms with van der Waals surface area (Å²) in [7, 11) is 0. The summed E-state index contributed by atoms with van der Waals surface area (Å²) in [5.74, 6) is 0. The van der Waals surface area contributed by atoms with Crippen LogP contribution >= 0.6 is 12.4 Å². The first-order valence-electron chi connectivity index (χ1n) is 9.79. The van der Waals surface area contributed by atoms with Crippen LogP contribution in [0.15, 0.2) is 54.6 Å². The standard InChI is InChI=1S/C23H26N2.ClH.H2O/c1-2-8-17(9-3-1)10-6-7-15-25-18-13-14-22(25)23-19-11-4-5-12-20(19)24-21(23)16-18;;/h1-5,8-9,11-12,18,22,24H,6-7,10,13-16H2;1H;1H2. The molecule has 3 aromatic rings. The van der Waals surface area contributed by atoms with Crippen LogP contribution < -0.4 is 0 Å². The average Bonchev–Trinajstić information content (AvgIpc) is 3.16. The number of nitrogens with zero attached hydrogens (tertiary/aromatic N) is 1. The number of aromatic nitrogens is 1. The number of unbranched alkanes of at least 4 members (excludes halogenated alkanes) is 1. The second kappa shape index (κ2) is 8.47. The van der Waals surface area contributed by atoms with Gasteiger partial charge in [0.15, 0.2) is 0 Å². The first-order valence-corrected chi connectivity index (χ1v) is 9.79. The molecule has 2 bridgehead atoms. The van der Waals surface area contributed by atoms with Gasteiger partial charge in [-0.15, -0.1) is 12.4 Å². The van der Waals surface area contributed by atoms with Gasteiger partial charge in [-0.3, -0.25) is 4.90 Å². The van der Waals surface area contributed by atoms with Crippen molar-refractivity contribution in [1.82, 2.24) is 9.88 Å². The molecule has 0 spiro atoms. The summed E-state index contributed by atoms with van der Waals surface area (Å²) in [6, 6.07) is 21.2. The zero-order valence-corrected chi connectivity index (χ0v) is 16.5. The van der Waals surface area contributed by atoms with E-state index in [4.69, 9.17) is 0 Å². The largest absolute Gasteiger partial charge is 0.412 e. The molecule has 1 saturated heterocycles. The van der Waals surface area contributed by atoms with Crippen molar-refractivity contribution < 1.29 is 5.48 Å². The summed E-state index contributed by atoms with van der Waals surface area (Å²) >= 11 is 0. The molecular formula is C23H29ClN2O. The van der Waals surface area contributed by atoms with Gasteiger partial charge in [0.05, 0.1) is 0 Å². The fourth-order valence-electron chi connectivity index (χ4n) is 5.07. The van der Waals surface area contributed by atoms with Crippen LogP contribution in [0.4, 0.5) is 0 Å². The highest BCUT2D eigenvalue weighted by Gasteiger charge is 2.41. The van der Waals surface area contributed by atoms with Crippen molar-refractivity contribution in [2.75, 3.05) is 6.54 Å². The molecule has 4 heteroatoms.